The van der Waals surface area contributed by atoms with E-state index in [0.29, 0.717) is 25.9 Å². The lowest BCUT2D eigenvalue weighted by Gasteiger charge is -2.72. The number of amides is 2. The van der Waals surface area contributed by atoms with Crippen molar-refractivity contribution >= 4 is 23.5 Å². The van der Waals surface area contributed by atoms with E-state index < -0.39 is 81.8 Å². The summed E-state index contributed by atoms with van der Waals surface area (Å²) in [4.78, 5) is 43.1. The van der Waals surface area contributed by atoms with Crippen LogP contribution in [0.25, 0.3) is 0 Å². The Kier molecular flexibility index (Phi) is 7.79. The number of ether oxygens (including phenoxy) is 5. The predicted molar refractivity (Wildman–Crippen MR) is 176 cm³/mol. The Balaban J connectivity index is 1.26. The molecule has 0 radical (unpaired) electrons. The lowest BCUT2D eigenvalue weighted by Crippen LogP contribution is -2.86. The number of benzene rings is 1. The van der Waals surface area contributed by atoms with Crippen molar-refractivity contribution in [2.45, 2.75) is 93.2 Å². The van der Waals surface area contributed by atoms with Gasteiger partial charge >= 0.3 is 5.97 Å². The van der Waals surface area contributed by atoms with Crippen LogP contribution >= 0.6 is 0 Å². The highest BCUT2D eigenvalue weighted by Gasteiger charge is 2.95. The van der Waals surface area contributed by atoms with Crippen LogP contribution in [0.1, 0.15) is 56.3 Å². The minimum Gasteiger partial charge on any atom is -0.461 e. The number of likely N-dealkylation sites (N-methyl/N-ethyl adjacent to an activating group) is 1. The number of para-hydroxylation sites is 1. The van der Waals surface area contributed by atoms with E-state index in [4.69, 9.17) is 23.7 Å². The smallest absolute Gasteiger partial charge is 0.340 e. The molecule has 50 heavy (non-hydrogen) atoms. The number of likely N-dealkylation sites (tertiary alicyclic amines) is 1. The maximum atomic E-state index is 14.1. The third kappa shape index (κ3) is 3.73. The standard InChI is InChI=1S/C37H50N2O11/c1-7-38-17-33(18-50-31(42)20-10-8-9-11-22(20)39-25(40)14-19(2)30(39)41)13-12-24(47-4)36-28(33)29(49-6)37(45,32(36)38)35(44)16-23(46-3)21-15-34(36,43)27(35)26(21)48-5/h8-11,19,21,23-24,26-29,32,43-45H,7,12-18H2,1-6H3/t19-,21+,23-,24-,26-,27-,28+,29-,32?,33-,34-,35+,36+,37+/m0/s1. The normalized spacial score (nSPS) is 48.7. The number of hydrogen-bond acceptors (Lipinski definition) is 12. The third-order valence-corrected chi connectivity index (χ3v) is 14.6. The van der Waals surface area contributed by atoms with Crippen molar-refractivity contribution in [2.75, 3.05) is 53.0 Å². The van der Waals surface area contributed by atoms with Gasteiger partial charge in [-0.1, -0.05) is 26.0 Å². The summed E-state index contributed by atoms with van der Waals surface area (Å²) in [5.74, 6) is -3.61. The first kappa shape index (κ1) is 34.6. The number of hydrogen-bond donors (Lipinski definition) is 3. The van der Waals surface area contributed by atoms with Crippen LogP contribution in [0, 0.1) is 34.5 Å². The van der Waals surface area contributed by atoms with Gasteiger partial charge in [-0.2, -0.15) is 0 Å². The molecule has 5 aliphatic carbocycles. The Morgan fingerprint density at radius 2 is 1.70 bits per heavy atom. The average Bonchev–Trinajstić information content (AvgIpc) is 3.60. The number of esters is 1. The number of rotatable bonds is 9. The van der Waals surface area contributed by atoms with Gasteiger partial charge in [0, 0.05) is 76.9 Å². The molecular weight excluding hydrogens is 648 g/mol. The molecule has 1 spiro atoms. The summed E-state index contributed by atoms with van der Waals surface area (Å²) in [5, 5.41) is 40.2. The summed E-state index contributed by atoms with van der Waals surface area (Å²) >= 11 is 0. The van der Waals surface area contributed by atoms with E-state index in [2.05, 4.69) is 4.90 Å². The summed E-state index contributed by atoms with van der Waals surface area (Å²) < 4.78 is 31.0. The molecule has 2 aliphatic heterocycles. The summed E-state index contributed by atoms with van der Waals surface area (Å²) in [5.41, 5.74) is -7.00. The zero-order valence-electron chi connectivity index (χ0n) is 29.7. The molecule has 2 saturated heterocycles. The van der Waals surface area contributed by atoms with Crippen molar-refractivity contribution < 1.29 is 53.4 Å². The van der Waals surface area contributed by atoms with Crippen molar-refractivity contribution in [3.8, 4) is 0 Å². The Bertz CT molecular complexity index is 1610. The number of nitrogens with zero attached hydrogens (tertiary/aromatic N) is 2. The molecule has 0 aromatic heterocycles. The van der Waals surface area contributed by atoms with Gasteiger partial charge < -0.3 is 39.0 Å². The topological polar surface area (TPSA) is 165 Å². The van der Waals surface area contributed by atoms with Crippen molar-refractivity contribution in [1.29, 1.82) is 0 Å². The molecule has 5 saturated carbocycles. The van der Waals surface area contributed by atoms with Crippen LogP contribution in [0.4, 0.5) is 5.69 Å². The van der Waals surface area contributed by atoms with E-state index in [9.17, 15) is 29.7 Å². The molecule has 3 N–H and O–H groups in total. The molecular formula is C37H50N2O11. The fourth-order valence-corrected chi connectivity index (χ4v) is 13.2. The first-order valence-electron chi connectivity index (χ1n) is 18.0. The first-order valence-corrected chi connectivity index (χ1v) is 18.0. The van der Waals surface area contributed by atoms with Crippen molar-refractivity contribution in [3.05, 3.63) is 29.8 Å². The molecule has 7 aliphatic rings. The van der Waals surface area contributed by atoms with E-state index in [-0.39, 0.29) is 54.9 Å². The van der Waals surface area contributed by atoms with Gasteiger partial charge in [-0.3, -0.25) is 14.5 Å². The number of anilines is 1. The van der Waals surface area contributed by atoms with Crippen LogP contribution in [0.15, 0.2) is 24.3 Å². The van der Waals surface area contributed by atoms with Gasteiger partial charge in [0.05, 0.1) is 59.3 Å². The van der Waals surface area contributed by atoms with Gasteiger partial charge in [0.1, 0.15) is 11.2 Å². The molecule has 8 rings (SSSR count). The zero-order chi connectivity index (χ0) is 35.8. The number of fused-ring (bicyclic) bond motifs is 2. The average molecular weight is 699 g/mol. The van der Waals surface area contributed by atoms with Gasteiger partial charge in [0.2, 0.25) is 11.8 Å². The number of methoxy groups -OCH3 is 4. The molecule has 274 valence electrons. The van der Waals surface area contributed by atoms with E-state index >= 15 is 0 Å². The number of carbonyl (C=O) groups is 3. The van der Waals surface area contributed by atoms with Gasteiger partial charge in [-0.25, -0.2) is 9.69 Å². The SMILES string of the molecule is CCN1C[C@]2(COC(=O)c3ccccc3N3C(=O)C[C@H](C)C3=O)CC[C@H](OC)[C@]34C1[C@](O)([C@@H](OC)[C@H]23)[C@@]1(O)C[C@H](OC)[C@H]2C[C@]4(O)[C@@H]1[C@H]2OC. The highest BCUT2D eigenvalue weighted by molar-refractivity contribution is 6.22. The highest BCUT2D eigenvalue weighted by atomic mass is 16.5. The van der Waals surface area contributed by atoms with E-state index in [1.807, 2.05) is 6.92 Å². The second-order valence-corrected chi connectivity index (χ2v) is 16.1. The van der Waals surface area contributed by atoms with E-state index in [0.717, 1.165) is 4.90 Å². The molecule has 7 bridgehead atoms. The first-order chi connectivity index (χ1) is 23.8. The molecule has 2 amide bonds. The number of carbonyl (C=O) groups excluding carboxylic acids is 3. The van der Waals surface area contributed by atoms with Crippen molar-refractivity contribution in [1.82, 2.24) is 4.90 Å². The highest BCUT2D eigenvalue weighted by Crippen LogP contribution is 2.81. The van der Waals surface area contributed by atoms with Gasteiger partial charge in [0.25, 0.3) is 0 Å². The van der Waals surface area contributed by atoms with Crippen LogP contribution < -0.4 is 4.90 Å². The lowest BCUT2D eigenvalue weighted by molar-refractivity contribution is -0.357. The van der Waals surface area contributed by atoms with E-state index in [1.165, 1.54) is 7.11 Å². The Morgan fingerprint density at radius 1 is 0.960 bits per heavy atom. The fourth-order valence-electron chi connectivity index (χ4n) is 13.2. The molecule has 14 atom stereocenters. The molecule has 7 fully saturated rings. The molecule has 13 heteroatoms. The summed E-state index contributed by atoms with van der Waals surface area (Å²) in [6.07, 6.45) is -1.09. The maximum Gasteiger partial charge on any atom is 0.340 e. The number of imide groups is 1. The van der Waals surface area contributed by atoms with Crippen LogP contribution in [0.5, 0.6) is 0 Å². The second kappa shape index (κ2) is 11.3. The van der Waals surface area contributed by atoms with Crippen LogP contribution in [0.3, 0.4) is 0 Å². The van der Waals surface area contributed by atoms with Crippen LogP contribution in [-0.2, 0) is 33.3 Å². The third-order valence-electron chi connectivity index (χ3n) is 14.6. The Morgan fingerprint density at radius 3 is 2.32 bits per heavy atom. The number of aliphatic hydroxyl groups is 3. The second-order valence-electron chi connectivity index (χ2n) is 16.1. The van der Waals surface area contributed by atoms with E-state index in [1.54, 1.807) is 52.5 Å². The van der Waals surface area contributed by atoms with Crippen molar-refractivity contribution in [3.63, 3.8) is 0 Å². The Hall–Kier alpha value is -2.49. The van der Waals surface area contributed by atoms with Gasteiger partial charge in [-0.05, 0) is 37.9 Å². The molecule has 2 heterocycles. The summed E-state index contributed by atoms with van der Waals surface area (Å²) in [6, 6.07) is 5.71. The lowest BCUT2D eigenvalue weighted by atomic mass is 9.41. The zero-order valence-corrected chi connectivity index (χ0v) is 29.7. The fraction of sp³-hybridized carbons (Fsp3) is 0.757. The maximum absolute atomic E-state index is 14.1. The van der Waals surface area contributed by atoms with Crippen molar-refractivity contribution in [2.24, 2.45) is 34.5 Å². The summed E-state index contributed by atoms with van der Waals surface area (Å²) in [6.45, 7) is 4.48. The minimum atomic E-state index is -1.88. The van der Waals surface area contributed by atoms with Crippen LogP contribution in [0.2, 0.25) is 0 Å². The Labute approximate surface area is 292 Å². The molecule has 1 unspecified atom stereocenters. The van der Waals surface area contributed by atoms with Gasteiger partial charge in [-0.15, -0.1) is 0 Å². The monoisotopic (exact) mass is 698 g/mol. The predicted octanol–water partition coefficient (Wildman–Crippen LogP) is 1.15. The minimum absolute atomic E-state index is 0.0667. The molecule has 1 aromatic carbocycles. The largest absolute Gasteiger partial charge is 0.461 e. The molecule has 13 nitrogen and oxygen atoms in total. The number of piperidine rings is 1. The van der Waals surface area contributed by atoms with Crippen LogP contribution in [-0.4, -0.2) is 133 Å². The quantitative estimate of drug-likeness (QED) is 0.249. The van der Waals surface area contributed by atoms with Gasteiger partial charge in [0.15, 0.2) is 0 Å². The summed E-state index contributed by atoms with van der Waals surface area (Å²) in [7, 11) is 6.33. The molecule has 1 aromatic rings.